The summed E-state index contributed by atoms with van der Waals surface area (Å²) in [5.41, 5.74) is 4.63. The maximum atomic E-state index is 5.86. The molecular weight excluding hydrogens is 394 g/mol. The highest BCUT2D eigenvalue weighted by Gasteiger charge is 2.20. The van der Waals surface area contributed by atoms with E-state index in [-0.39, 0.29) is 6.10 Å². The van der Waals surface area contributed by atoms with E-state index < -0.39 is 0 Å². The van der Waals surface area contributed by atoms with Crippen LogP contribution in [0.1, 0.15) is 17.6 Å². The van der Waals surface area contributed by atoms with Crippen LogP contribution in [-0.4, -0.2) is 10.2 Å². The number of nitrogens with zero attached hydrogens (tertiary/aromatic N) is 2. The summed E-state index contributed by atoms with van der Waals surface area (Å²) < 4.78 is 17.1. The number of rotatable bonds is 6. The molecule has 2 heterocycles. The zero-order valence-electron chi connectivity index (χ0n) is 16.7. The van der Waals surface area contributed by atoms with Crippen LogP contribution in [0.5, 0.6) is 17.2 Å². The Morgan fingerprint density at radius 3 is 2.16 bits per heavy atom. The quantitative estimate of drug-likeness (QED) is 0.457. The molecule has 7 heteroatoms. The molecule has 1 aliphatic rings. The summed E-state index contributed by atoms with van der Waals surface area (Å²) in [4.78, 5) is 5.64. The van der Waals surface area contributed by atoms with Gasteiger partial charge in [-0.3, -0.25) is 4.84 Å². The normalized spacial score (nSPS) is 15.3. The van der Waals surface area contributed by atoms with Gasteiger partial charge in [0.1, 0.15) is 23.4 Å². The lowest BCUT2D eigenvalue weighted by Gasteiger charge is -2.09. The second-order valence-corrected chi connectivity index (χ2v) is 6.91. The average Bonchev–Trinajstić information content (AvgIpc) is 3.45. The Bertz CT molecular complexity index is 1190. The average molecular weight is 413 g/mol. The number of benzene rings is 3. The van der Waals surface area contributed by atoms with E-state index >= 15 is 0 Å². The first-order chi connectivity index (χ1) is 15.2. The van der Waals surface area contributed by atoms with E-state index in [4.69, 9.17) is 18.7 Å². The Hall–Kier alpha value is -4.10. The van der Waals surface area contributed by atoms with E-state index in [0.29, 0.717) is 23.4 Å². The van der Waals surface area contributed by atoms with E-state index in [9.17, 15) is 0 Å². The second-order valence-electron chi connectivity index (χ2n) is 6.91. The molecule has 0 spiro atoms. The zero-order chi connectivity index (χ0) is 21.0. The van der Waals surface area contributed by atoms with Gasteiger partial charge in [0.05, 0.1) is 0 Å². The number of aromatic nitrogens is 2. The zero-order valence-corrected chi connectivity index (χ0v) is 16.7. The molecule has 31 heavy (non-hydrogen) atoms. The van der Waals surface area contributed by atoms with Gasteiger partial charge in [0, 0.05) is 18.6 Å². The van der Waals surface area contributed by atoms with Crippen LogP contribution in [0.3, 0.4) is 0 Å². The predicted octanol–water partition coefficient (Wildman–Crippen LogP) is 5.33. The number of para-hydroxylation sites is 1. The molecule has 4 aromatic rings. The summed E-state index contributed by atoms with van der Waals surface area (Å²) in [5.74, 6) is 3.75. The molecule has 1 unspecified atom stereocenters. The maximum Gasteiger partial charge on any atom is 0.247 e. The van der Waals surface area contributed by atoms with Gasteiger partial charge >= 0.3 is 0 Å². The molecule has 1 aromatic heterocycles. The summed E-state index contributed by atoms with van der Waals surface area (Å²) in [6, 6.07) is 24.8. The van der Waals surface area contributed by atoms with E-state index in [2.05, 4.69) is 15.7 Å². The Morgan fingerprint density at radius 2 is 1.45 bits per heavy atom. The number of hydrogen-bond acceptors (Lipinski definition) is 7. The molecule has 0 saturated heterocycles. The Kier molecular flexibility index (Phi) is 5.08. The number of hydrogen-bond donors (Lipinski definition) is 1. The van der Waals surface area contributed by atoms with Crippen molar-refractivity contribution < 1.29 is 18.7 Å². The van der Waals surface area contributed by atoms with Gasteiger partial charge in [-0.1, -0.05) is 30.3 Å². The molecule has 1 aliphatic heterocycles. The first-order valence-corrected chi connectivity index (χ1v) is 9.78. The topological polar surface area (TPSA) is 78.6 Å². The summed E-state index contributed by atoms with van der Waals surface area (Å²) in [6.45, 7) is 1.76. The third kappa shape index (κ3) is 4.41. The fraction of sp³-hybridized carbons (Fsp3) is 0.0833. The van der Waals surface area contributed by atoms with Crippen molar-refractivity contribution in [3.63, 3.8) is 0 Å². The van der Waals surface area contributed by atoms with E-state index in [1.165, 1.54) is 0 Å². The standard InChI is InChI=1S/C24H19N3O4/c1-16-25-26-24(28-16)18-9-13-21(14-10-18)30-23-15-22(31-27-23)17-7-11-20(12-8-17)29-19-5-3-2-4-6-19/h2-15,22,27H,1H3. The number of nitrogens with one attached hydrogen (secondary N) is 1. The van der Waals surface area contributed by atoms with Crippen molar-refractivity contribution in [2.24, 2.45) is 0 Å². The summed E-state index contributed by atoms with van der Waals surface area (Å²) in [5, 5.41) is 7.85. The first-order valence-electron chi connectivity index (χ1n) is 9.78. The van der Waals surface area contributed by atoms with Crippen LogP contribution in [0.2, 0.25) is 0 Å². The van der Waals surface area contributed by atoms with Crippen LogP contribution < -0.4 is 15.0 Å². The highest BCUT2D eigenvalue weighted by Crippen LogP contribution is 2.29. The summed E-state index contributed by atoms with van der Waals surface area (Å²) >= 11 is 0. The van der Waals surface area contributed by atoms with Gasteiger partial charge in [-0.15, -0.1) is 10.2 Å². The van der Waals surface area contributed by atoms with Crippen molar-refractivity contribution in [1.82, 2.24) is 15.7 Å². The second kappa shape index (κ2) is 8.33. The minimum Gasteiger partial charge on any atom is -0.457 e. The van der Waals surface area contributed by atoms with Crippen molar-refractivity contribution >= 4 is 0 Å². The molecule has 154 valence electrons. The van der Waals surface area contributed by atoms with Crippen molar-refractivity contribution in [2.45, 2.75) is 13.0 Å². The highest BCUT2D eigenvalue weighted by molar-refractivity contribution is 5.54. The van der Waals surface area contributed by atoms with E-state index in [1.54, 1.807) is 6.92 Å². The van der Waals surface area contributed by atoms with Crippen molar-refractivity contribution in [1.29, 1.82) is 0 Å². The molecule has 0 amide bonds. The SMILES string of the molecule is Cc1nnc(-c2ccc(OC3=CC(c4ccc(Oc5ccccc5)cc4)ON3)cc2)o1. The van der Waals surface area contributed by atoms with Gasteiger partial charge in [-0.05, 0) is 54.1 Å². The smallest absolute Gasteiger partial charge is 0.247 e. The largest absolute Gasteiger partial charge is 0.457 e. The first kappa shape index (κ1) is 18.9. The van der Waals surface area contributed by atoms with E-state index in [1.807, 2.05) is 84.9 Å². The Morgan fingerprint density at radius 1 is 0.774 bits per heavy atom. The van der Waals surface area contributed by atoms with Crippen molar-refractivity contribution in [2.75, 3.05) is 0 Å². The predicted molar refractivity (Wildman–Crippen MR) is 113 cm³/mol. The summed E-state index contributed by atoms with van der Waals surface area (Å²) in [6.07, 6.45) is 1.61. The van der Waals surface area contributed by atoms with Crippen LogP contribution in [0, 0.1) is 6.92 Å². The molecule has 0 radical (unpaired) electrons. The number of hydroxylamine groups is 1. The van der Waals surface area contributed by atoms with Crippen LogP contribution in [0.4, 0.5) is 0 Å². The molecule has 0 bridgehead atoms. The summed E-state index contributed by atoms with van der Waals surface area (Å²) in [7, 11) is 0. The van der Waals surface area contributed by atoms with Crippen LogP contribution >= 0.6 is 0 Å². The van der Waals surface area contributed by atoms with Crippen molar-refractivity contribution in [3.05, 3.63) is 102 Å². The molecule has 0 fully saturated rings. The maximum absolute atomic E-state index is 5.86. The molecule has 5 rings (SSSR count). The highest BCUT2D eigenvalue weighted by atomic mass is 16.7. The molecular formula is C24H19N3O4. The Balaban J connectivity index is 1.22. The fourth-order valence-corrected chi connectivity index (χ4v) is 3.10. The number of ether oxygens (including phenoxy) is 2. The number of aryl methyl sites for hydroxylation is 1. The molecule has 3 aromatic carbocycles. The van der Waals surface area contributed by atoms with Crippen LogP contribution in [0.15, 0.2) is 95.2 Å². The lowest BCUT2D eigenvalue weighted by atomic mass is 10.1. The molecule has 1 atom stereocenters. The van der Waals surface area contributed by atoms with Gasteiger partial charge in [0.25, 0.3) is 0 Å². The van der Waals surface area contributed by atoms with Gasteiger partial charge in [-0.25, -0.2) is 5.48 Å². The molecule has 0 saturated carbocycles. The van der Waals surface area contributed by atoms with Crippen LogP contribution in [0.25, 0.3) is 11.5 Å². The van der Waals surface area contributed by atoms with Gasteiger partial charge in [-0.2, -0.15) is 0 Å². The third-order valence-corrected chi connectivity index (χ3v) is 4.63. The lowest BCUT2D eigenvalue weighted by molar-refractivity contribution is 0.0273. The minimum absolute atomic E-state index is 0.263. The fourth-order valence-electron chi connectivity index (χ4n) is 3.10. The van der Waals surface area contributed by atoms with Gasteiger partial charge in [0.15, 0.2) is 0 Å². The van der Waals surface area contributed by atoms with E-state index in [0.717, 1.165) is 22.6 Å². The molecule has 1 N–H and O–H groups in total. The van der Waals surface area contributed by atoms with Gasteiger partial charge < -0.3 is 13.9 Å². The molecule has 7 nitrogen and oxygen atoms in total. The Labute approximate surface area is 178 Å². The monoisotopic (exact) mass is 413 g/mol. The minimum atomic E-state index is -0.263. The van der Waals surface area contributed by atoms with Gasteiger partial charge in [0.2, 0.25) is 17.7 Å². The third-order valence-electron chi connectivity index (χ3n) is 4.63. The molecule has 0 aliphatic carbocycles. The van der Waals surface area contributed by atoms with Crippen LogP contribution in [-0.2, 0) is 4.84 Å². The lowest BCUT2D eigenvalue weighted by Crippen LogP contribution is -2.12. The van der Waals surface area contributed by atoms with Crippen molar-refractivity contribution in [3.8, 4) is 28.7 Å².